The standard InChI is InChI=1S/C18H34O4/c1-6-8-15(4)11-18(20)22-13-16(5)12-21-17(19)10-9-14(3)7-2/h14-16H,6-13H2,1-5H3. The minimum absolute atomic E-state index is 0.0398. The molecule has 0 bridgehead atoms. The lowest BCUT2D eigenvalue weighted by molar-refractivity contribution is -0.149. The predicted octanol–water partition coefficient (Wildman–Crippen LogP) is 4.36. The zero-order valence-electron chi connectivity index (χ0n) is 15.0. The summed E-state index contributed by atoms with van der Waals surface area (Å²) in [6, 6.07) is 0. The van der Waals surface area contributed by atoms with Crippen LogP contribution < -0.4 is 0 Å². The zero-order valence-corrected chi connectivity index (χ0v) is 15.0. The lowest BCUT2D eigenvalue weighted by Crippen LogP contribution is -2.19. The smallest absolute Gasteiger partial charge is 0.306 e. The van der Waals surface area contributed by atoms with Gasteiger partial charge in [-0.3, -0.25) is 9.59 Å². The Hall–Kier alpha value is -1.06. The number of rotatable bonds is 12. The van der Waals surface area contributed by atoms with E-state index in [2.05, 4.69) is 27.7 Å². The van der Waals surface area contributed by atoms with Gasteiger partial charge < -0.3 is 9.47 Å². The molecule has 0 aliphatic rings. The highest BCUT2D eigenvalue weighted by atomic mass is 16.5. The van der Waals surface area contributed by atoms with Gasteiger partial charge in [-0.25, -0.2) is 0 Å². The van der Waals surface area contributed by atoms with Crippen LogP contribution in [0.1, 0.15) is 73.1 Å². The van der Waals surface area contributed by atoms with Gasteiger partial charge in [-0.1, -0.05) is 53.9 Å². The van der Waals surface area contributed by atoms with Crippen molar-refractivity contribution in [3.05, 3.63) is 0 Å². The Bertz CT molecular complexity index is 314. The molecule has 130 valence electrons. The molecule has 22 heavy (non-hydrogen) atoms. The van der Waals surface area contributed by atoms with Gasteiger partial charge in [0.15, 0.2) is 0 Å². The second-order valence-electron chi connectivity index (χ2n) is 6.62. The number of hydrogen-bond donors (Lipinski definition) is 0. The monoisotopic (exact) mass is 314 g/mol. The van der Waals surface area contributed by atoms with Gasteiger partial charge in [-0.2, -0.15) is 0 Å². The number of ether oxygens (including phenoxy) is 2. The van der Waals surface area contributed by atoms with Crippen LogP contribution in [-0.4, -0.2) is 25.2 Å². The molecule has 0 rings (SSSR count). The molecule has 4 heteroatoms. The molecule has 0 aromatic carbocycles. The van der Waals surface area contributed by atoms with E-state index in [0.29, 0.717) is 37.9 Å². The summed E-state index contributed by atoms with van der Waals surface area (Å²) in [5, 5.41) is 0. The van der Waals surface area contributed by atoms with Gasteiger partial charge in [-0.15, -0.1) is 0 Å². The van der Waals surface area contributed by atoms with Crippen LogP contribution in [0.15, 0.2) is 0 Å². The number of esters is 2. The molecule has 3 unspecified atom stereocenters. The molecule has 0 heterocycles. The Labute approximate surface area is 135 Å². The lowest BCUT2D eigenvalue weighted by atomic mass is 10.0. The third kappa shape index (κ3) is 11.6. The van der Waals surface area contributed by atoms with Crippen molar-refractivity contribution in [2.24, 2.45) is 17.8 Å². The lowest BCUT2D eigenvalue weighted by Gasteiger charge is -2.14. The molecular weight excluding hydrogens is 280 g/mol. The summed E-state index contributed by atoms with van der Waals surface area (Å²) in [5.41, 5.74) is 0. The summed E-state index contributed by atoms with van der Waals surface area (Å²) in [5.74, 6) is 0.645. The Balaban J connectivity index is 3.74. The van der Waals surface area contributed by atoms with Gasteiger partial charge >= 0.3 is 11.9 Å². The van der Waals surface area contributed by atoms with Crippen LogP contribution >= 0.6 is 0 Å². The van der Waals surface area contributed by atoms with Crippen molar-refractivity contribution in [3.63, 3.8) is 0 Å². The van der Waals surface area contributed by atoms with Crippen molar-refractivity contribution in [1.82, 2.24) is 0 Å². The number of carbonyl (C=O) groups excluding carboxylic acids is 2. The number of carbonyl (C=O) groups is 2. The molecule has 0 aliphatic heterocycles. The van der Waals surface area contributed by atoms with Crippen LogP contribution in [-0.2, 0) is 19.1 Å². The molecular formula is C18H34O4. The van der Waals surface area contributed by atoms with Crippen molar-refractivity contribution in [2.75, 3.05) is 13.2 Å². The first kappa shape index (κ1) is 20.9. The molecule has 0 aromatic heterocycles. The van der Waals surface area contributed by atoms with E-state index in [1.54, 1.807) is 0 Å². The first-order chi connectivity index (χ1) is 10.4. The molecule has 0 fully saturated rings. The molecule has 0 N–H and O–H groups in total. The van der Waals surface area contributed by atoms with Crippen molar-refractivity contribution < 1.29 is 19.1 Å². The fraction of sp³-hybridized carbons (Fsp3) is 0.889. The van der Waals surface area contributed by atoms with Crippen LogP contribution in [0, 0.1) is 17.8 Å². The Morgan fingerprint density at radius 2 is 1.41 bits per heavy atom. The molecule has 3 atom stereocenters. The molecule has 0 aliphatic carbocycles. The summed E-state index contributed by atoms with van der Waals surface area (Å²) in [6.45, 7) is 11.0. The van der Waals surface area contributed by atoms with Gasteiger partial charge in [-0.05, 0) is 18.3 Å². The van der Waals surface area contributed by atoms with Crippen LogP contribution in [0.4, 0.5) is 0 Å². The predicted molar refractivity (Wildman–Crippen MR) is 88.5 cm³/mol. The fourth-order valence-electron chi connectivity index (χ4n) is 2.10. The van der Waals surface area contributed by atoms with Gasteiger partial charge in [0.1, 0.15) is 0 Å². The molecule has 0 aromatic rings. The first-order valence-electron chi connectivity index (χ1n) is 8.70. The van der Waals surface area contributed by atoms with Crippen molar-refractivity contribution in [2.45, 2.75) is 73.1 Å². The van der Waals surface area contributed by atoms with E-state index >= 15 is 0 Å². The molecule has 0 saturated carbocycles. The quantitative estimate of drug-likeness (QED) is 0.502. The summed E-state index contributed by atoms with van der Waals surface area (Å²) in [6.07, 6.45) is 5.01. The van der Waals surface area contributed by atoms with Gasteiger partial charge in [0, 0.05) is 18.8 Å². The molecule has 0 radical (unpaired) electrons. The van der Waals surface area contributed by atoms with Crippen LogP contribution in [0.2, 0.25) is 0 Å². The second kappa shape index (κ2) is 12.5. The van der Waals surface area contributed by atoms with Crippen LogP contribution in [0.5, 0.6) is 0 Å². The Morgan fingerprint density at radius 3 is 1.95 bits per heavy atom. The second-order valence-corrected chi connectivity index (χ2v) is 6.62. The zero-order chi connectivity index (χ0) is 17.0. The topological polar surface area (TPSA) is 52.6 Å². The number of hydrogen-bond acceptors (Lipinski definition) is 4. The van der Waals surface area contributed by atoms with Crippen LogP contribution in [0.25, 0.3) is 0 Å². The Kier molecular flexibility index (Phi) is 11.9. The molecule has 4 nitrogen and oxygen atoms in total. The summed E-state index contributed by atoms with van der Waals surface area (Å²) in [7, 11) is 0. The van der Waals surface area contributed by atoms with E-state index in [1.807, 2.05) is 6.92 Å². The summed E-state index contributed by atoms with van der Waals surface area (Å²) in [4.78, 5) is 23.2. The maximum Gasteiger partial charge on any atom is 0.306 e. The maximum absolute atomic E-state index is 11.7. The average Bonchev–Trinajstić information content (AvgIpc) is 2.48. The van der Waals surface area contributed by atoms with E-state index in [0.717, 1.165) is 25.7 Å². The highest BCUT2D eigenvalue weighted by Crippen LogP contribution is 2.12. The normalized spacial score (nSPS) is 15.0. The highest BCUT2D eigenvalue weighted by Gasteiger charge is 2.13. The van der Waals surface area contributed by atoms with E-state index in [-0.39, 0.29) is 17.9 Å². The van der Waals surface area contributed by atoms with Crippen molar-refractivity contribution in [1.29, 1.82) is 0 Å². The molecule has 0 amide bonds. The first-order valence-corrected chi connectivity index (χ1v) is 8.70. The minimum Gasteiger partial charge on any atom is -0.465 e. The van der Waals surface area contributed by atoms with E-state index < -0.39 is 0 Å². The fourth-order valence-corrected chi connectivity index (χ4v) is 2.10. The van der Waals surface area contributed by atoms with Crippen LogP contribution in [0.3, 0.4) is 0 Å². The third-order valence-corrected chi connectivity index (χ3v) is 3.89. The van der Waals surface area contributed by atoms with E-state index in [1.165, 1.54) is 0 Å². The third-order valence-electron chi connectivity index (χ3n) is 3.89. The van der Waals surface area contributed by atoms with E-state index in [4.69, 9.17) is 9.47 Å². The molecule has 0 spiro atoms. The highest BCUT2D eigenvalue weighted by molar-refractivity contribution is 5.70. The Morgan fingerprint density at radius 1 is 0.818 bits per heavy atom. The van der Waals surface area contributed by atoms with Gasteiger partial charge in [0.2, 0.25) is 0 Å². The van der Waals surface area contributed by atoms with Crippen molar-refractivity contribution >= 4 is 11.9 Å². The maximum atomic E-state index is 11.7. The largest absolute Gasteiger partial charge is 0.465 e. The minimum atomic E-state index is -0.157. The molecule has 0 saturated heterocycles. The average molecular weight is 314 g/mol. The van der Waals surface area contributed by atoms with Gasteiger partial charge in [0.05, 0.1) is 13.2 Å². The van der Waals surface area contributed by atoms with Crippen molar-refractivity contribution in [3.8, 4) is 0 Å². The van der Waals surface area contributed by atoms with E-state index in [9.17, 15) is 9.59 Å². The van der Waals surface area contributed by atoms with Gasteiger partial charge in [0.25, 0.3) is 0 Å². The summed E-state index contributed by atoms with van der Waals surface area (Å²) >= 11 is 0. The summed E-state index contributed by atoms with van der Waals surface area (Å²) < 4.78 is 10.5. The SMILES string of the molecule is CCCC(C)CC(=O)OCC(C)COC(=O)CCC(C)CC.